The number of benzene rings is 1. The first-order valence-corrected chi connectivity index (χ1v) is 3.77. The van der Waals surface area contributed by atoms with Crippen LogP contribution in [-0.2, 0) is 0 Å². The highest BCUT2D eigenvalue weighted by molar-refractivity contribution is 5.82. The van der Waals surface area contributed by atoms with Gasteiger partial charge in [-0.15, -0.1) is 6.42 Å². The third-order valence-corrected chi connectivity index (χ3v) is 1.97. The topological polar surface area (TPSA) is 13.1 Å². The molecule has 0 amide bonds. The average molecular weight is 156 g/mol. The fraction of sp³-hybridized carbons (Fsp3) is 0.0909. The van der Waals surface area contributed by atoms with Gasteiger partial charge >= 0.3 is 0 Å². The van der Waals surface area contributed by atoms with Crippen molar-refractivity contribution in [3.8, 4) is 12.3 Å². The van der Waals surface area contributed by atoms with E-state index in [9.17, 15) is 0 Å². The molecule has 0 N–H and O–H groups in total. The van der Waals surface area contributed by atoms with Crippen LogP contribution in [0.25, 0.3) is 11.0 Å². The second-order valence-electron chi connectivity index (χ2n) is 2.70. The summed E-state index contributed by atoms with van der Waals surface area (Å²) in [6.07, 6.45) is 5.27. The van der Waals surface area contributed by atoms with Crippen molar-refractivity contribution in [3.63, 3.8) is 0 Å². The zero-order valence-electron chi connectivity index (χ0n) is 6.79. The predicted molar refractivity (Wildman–Crippen MR) is 48.9 cm³/mol. The Hall–Kier alpha value is -1.68. The van der Waals surface area contributed by atoms with Crippen molar-refractivity contribution in [2.24, 2.45) is 0 Å². The van der Waals surface area contributed by atoms with Crippen molar-refractivity contribution in [3.05, 3.63) is 35.6 Å². The summed E-state index contributed by atoms with van der Waals surface area (Å²) in [4.78, 5) is 0. The molecule has 2 aromatic rings. The molecule has 1 heterocycles. The second kappa shape index (κ2) is 2.42. The van der Waals surface area contributed by atoms with E-state index in [0.717, 1.165) is 16.5 Å². The summed E-state index contributed by atoms with van der Waals surface area (Å²) < 4.78 is 5.41. The maximum Gasteiger partial charge on any atom is 0.180 e. The minimum Gasteiger partial charge on any atom is -0.447 e. The summed E-state index contributed by atoms with van der Waals surface area (Å²) >= 11 is 0. The number of rotatable bonds is 0. The SMILES string of the molecule is C#Cc1oc2ccccc2c1C. The molecule has 1 aromatic carbocycles. The molecular weight excluding hydrogens is 148 g/mol. The summed E-state index contributed by atoms with van der Waals surface area (Å²) in [5.41, 5.74) is 1.91. The molecule has 1 nitrogen and oxygen atoms in total. The van der Waals surface area contributed by atoms with Crippen LogP contribution in [0.4, 0.5) is 0 Å². The maximum absolute atomic E-state index is 5.41. The molecule has 0 aliphatic carbocycles. The lowest BCUT2D eigenvalue weighted by molar-refractivity contribution is 0.598. The molecule has 0 radical (unpaired) electrons. The van der Waals surface area contributed by atoms with Gasteiger partial charge in [-0.25, -0.2) is 0 Å². The number of terminal acetylenes is 1. The second-order valence-corrected chi connectivity index (χ2v) is 2.70. The molecule has 0 atom stereocenters. The van der Waals surface area contributed by atoms with Crippen molar-refractivity contribution in [2.75, 3.05) is 0 Å². The lowest BCUT2D eigenvalue weighted by Gasteiger charge is -1.84. The van der Waals surface area contributed by atoms with Crippen molar-refractivity contribution >= 4 is 11.0 Å². The van der Waals surface area contributed by atoms with Gasteiger partial charge in [-0.2, -0.15) is 0 Å². The average Bonchev–Trinajstić information content (AvgIpc) is 2.44. The fourth-order valence-corrected chi connectivity index (χ4v) is 1.31. The Kier molecular flexibility index (Phi) is 1.41. The third-order valence-electron chi connectivity index (χ3n) is 1.97. The van der Waals surface area contributed by atoms with E-state index in [0.29, 0.717) is 5.76 Å². The Morgan fingerprint density at radius 3 is 2.75 bits per heavy atom. The number of hydrogen-bond donors (Lipinski definition) is 0. The molecule has 0 bridgehead atoms. The van der Waals surface area contributed by atoms with Crippen LogP contribution in [0, 0.1) is 19.3 Å². The monoisotopic (exact) mass is 156 g/mol. The predicted octanol–water partition coefficient (Wildman–Crippen LogP) is 2.72. The van der Waals surface area contributed by atoms with Gasteiger partial charge in [0.05, 0.1) is 0 Å². The summed E-state index contributed by atoms with van der Waals surface area (Å²) in [5.74, 6) is 3.15. The number of hydrogen-bond acceptors (Lipinski definition) is 1. The molecule has 12 heavy (non-hydrogen) atoms. The van der Waals surface area contributed by atoms with E-state index in [-0.39, 0.29) is 0 Å². The summed E-state index contributed by atoms with van der Waals surface area (Å²) in [5, 5.41) is 1.10. The van der Waals surface area contributed by atoms with E-state index in [2.05, 4.69) is 5.92 Å². The van der Waals surface area contributed by atoms with E-state index in [1.165, 1.54) is 0 Å². The molecule has 58 valence electrons. The van der Waals surface area contributed by atoms with Gasteiger partial charge < -0.3 is 4.42 Å². The minimum absolute atomic E-state index is 0.635. The van der Waals surface area contributed by atoms with Crippen LogP contribution < -0.4 is 0 Å². The van der Waals surface area contributed by atoms with E-state index in [4.69, 9.17) is 10.8 Å². The van der Waals surface area contributed by atoms with E-state index >= 15 is 0 Å². The maximum atomic E-state index is 5.41. The molecule has 1 heteroatoms. The summed E-state index contributed by atoms with van der Waals surface area (Å²) in [7, 11) is 0. The van der Waals surface area contributed by atoms with Crippen molar-refractivity contribution < 1.29 is 4.42 Å². The van der Waals surface area contributed by atoms with Gasteiger partial charge in [0.1, 0.15) is 5.58 Å². The van der Waals surface area contributed by atoms with Crippen LogP contribution in [0.2, 0.25) is 0 Å². The minimum atomic E-state index is 0.635. The van der Waals surface area contributed by atoms with Gasteiger partial charge in [0.15, 0.2) is 5.76 Å². The van der Waals surface area contributed by atoms with Gasteiger partial charge in [0.25, 0.3) is 0 Å². The summed E-state index contributed by atoms with van der Waals surface area (Å²) in [6.45, 7) is 1.97. The molecule has 1 aromatic heterocycles. The van der Waals surface area contributed by atoms with Crippen LogP contribution in [0.5, 0.6) is 0 Å². The van der Waals surface area contributed by atoms with Gasteiger partial charge in [-0.1, -0.05) is 18.2 Å². The van der Waals surface area contributed by atoms with Crippen LogP contribution >= 0.6 is 0 Å². The highest BCUT2D eigenvalue weighted by Crippen LogP contribution is 2.23. The molecule has 0 aliphatic heterocycles. The van der Waals surface area contributed by atoms with Crippen molar-refractivity contribution in [1.82, 2.24) is 0 Å². The quantitative estimate of drug-likeness (QED) is 0.534. The third kappa shape index (κ3) is 0.820. The number of para-hydroxylation sites is 1. The van der Waals surface area contributed by atoms with E-state index in [1.807, 2.05) is 31.2 Å². The van der Waals surface area contributed by atoms with Gasteiger partial charge in [-0.05, 0) is 18.9 Å². The van der Waals surface area contributed by atoms with Crippen molar-refractivity contribution in [2.45, 2.75) is 6.92 Å². The first-order chi connectivity index (χ1) is 5.83. The lowest BCUT2D eigenvalue weighted by Crippen LogP contribution is -1.70. The number of fused-ring (bicyclic) bond motifs is 1. The molecule has 0 aliphatic rings. The molecule has 0 saturated carbocycles. The normalized spacial score (nSPS) is 10.0. The first-order valence-electron chi connectivity index (χ1n) is 3.77. The van der Waals surface area contributed by atoms with E-state index < -0.39 is 0 Å². The Morgan fingerprint density at radius 2 is 2.08 bits per heavy atom. The molecule has 2 rings (SSSR count). The van der Waals surface area contributed by atoms with Crippen LogP contribution in [0.1, 0.15) is 11.3 Å². The standard InChI is InChI=1S/C11H8O/c1-3-10-8(2)9-6-4-5-7-11(9)12-10/h1,4-7H,2H3. The smallest absolute Gasteiger partial charge is 0.180 e. The lowest BCUT2D eigenvalue weighted by atomic mass is 10.1. The highest BCUT2D eigenvalue weighted by Gasteiger charge is 2.05. The van der Waals surface area contributed by atoms with Crippen LogP contribution in [0.3, 0.4) is 0 Å². The molecule has 0 saturated heterocycles. The number of aryl methyl sites for hydroxylation is 1. The zero-order chi connectivity index (χ0) is 8.55. The largest absolute Gasteiger partial charge is 0.447 e. The van der Waals surface area contributed by atoms with Gasteiger partial charge in [0, 0.05) is 10.9 Å². The molecular formula is C11H8O. The van der Waals surface area contributed by atoms with Crippen LogP contribution in [-0.4, -0.2) is 0 Å². The van der Waals surface area contributed by atoms with Crippen LogP contribution in [0.15, 0.2) is 28.7 Å². The molecule has 0 spiro atoms. The Bertz CT molecular complexity index is 457. The van der Waals surface area contributed by atoms with E-state index in [1.54, 1.807) is 0 Å². The Morgan fingerprint density at radius 1 is 1.33 bits per heavy atom. The highest BCUT2D eigenvalue weighted by atomic mass is 16.3. The molecule has 0 unspecified atom stereocenters. The molecule has 0 fully saturated rings. The van der Waals surface area contributed by atoms with Gasteiger partial charge in [0.2, 0.25) is 0 Å². The Labute approximate surface area is 71.0 Å². The number of furan rings is 1. The summed E-state index contributed by atoms with van der Waals surface area (Å²) in [6, 6.07) is 7.84. The first kappa shape index (κ1) is 7.00. The zero-order valence-corrected chi connectivity index (χ0v) is 6.79. The fourth-order valence-electron chi connectivity index (χ4n) is 1.31. The Balaban J connectivity index is 2.90. The van der Waals surface area contributed by atoms with Crippen molar-refractivity contribution in [1.29, 1.82) is 0 Å². The van der Waals surface area contributed by atoms with Gasteiger partial charge in [-0.3, -0.25) is 0 Å².